The van der Waals surface area contributed by atoms with Crippen molar-refractivity contribution in [3.8, 4) is 0 Å². The normalized spacial score (nSPS) is 25.5. The summed E-state index contributed by atoms with van der Waals surface area (Å²) < 4.78 is 0. The molecule has 80 valence electrons. The lowest BCUT2D eigenvalue weighted by molar-refractivity contribution is -0.138. The zero-order valence-corrected chi connectivity index (χ0v) is 8.09. The highest BCUT2D eigenvalue weighted by Gasteiger charge is 2.36. The first kappa shape index (κ1) is 9.79. The van der Waals surface area contributed by atoms with Crippen LogP contribution in [0.4, 0.5) is 0 Å². The van der Waals surface area contributed by atoms with Gasteiger partial charge in [0, 0.05) is 24.4 Å². The molecule has 0 radical (unpaired) electrons. The van der Waals surface area contributed by atoms with Crippen molar-refractivity contribution in [3.05, 3.63) is 10.4 Å². The van der Waals surface area contributed by atoms with Crippen LogP contribution in [-0.2, 0) is 9.59 Å². The summed E-state index contributed by atoms with van der Waals surface area (Å²) in [6.07, 6.45) is 0.990. The Bertz CT molecular complexity index is 343. The van der Waals surface area contributed by atoms with Crippen LogP contribution >= 0.6 is 0 Å². The highest BCUT2D eigenvalue weighted by atomic mass is 16.2. The molecule has 2 amide bonds. The quantitative estimate of drug-likeness (QED) is 0.386. The van der Waals surface area contributed by atoms with Crippen LogP contribution in [0.15, 0.2) is 5.11 Å². The van der Waals surface area contributed by atoms with E-state index in [2.05, 4.69) is 15.3 Å². The van der Waals surface area contributed by atoms with Gasteiger partial charge in [-0.25, -0.2) is 0 Å². The third-order valence-electron chi connectivity index (χ3n) is 2.68. The molecular formula is C8H11N5O2. The summed E-state index contributed by atoms with van der Waals surface area (Å²) >= 11 is 0. The number of nitrogens with zero attached hydrogens (tertiary/aromatic N) is 4. The van der Waals surface area contributed by atoms with Crippen molar-refractivity contribution in [1.82, 2.24) is 10.2 Å². The Morgan fingerprint density at radius 1 is 1.60 bits per heavy atom. The molecule has 2 saturated heterocycles. The number of azide groups is 1. The van der Waals surface area contributed by atoms with Gasteiger partial charge in [-0.05, 0) is 12.0 Å². The molecule has 0 unspecified atom stereocenters. The minimum Gasteiger partial charge on any atom is -0.344 e. The molecule has 0 spiro atoms. The van der Waals surface area contributed by atoms with E-state index in [4.69, 9.17) is 5.53 Å². The van der Waals surface area contributed by atoms with Gasteiger partial charge in [0.25, 0.3) is 0 Å². The van der Waals surface area contributed by atoms with Crippen LogP contribution in [0.25, 0.3) is 10.4 Å². The summed E-state index contributed by atoms with van der Waals surface area (Å²) in [6, 6.07) is -0.472. The average Bonchev–Trinajstić information content (AvgIpc) is 2.56. The Kier molecular flexibility index (Phi) is 2.47. The molecule has 1 atom stereocenters. The Balaban J connectivity index is 1.84. The molecule has 15 heavy (non-hydrogen) atoms. The lowest BCUT2D eigenvalue weighted by atomic mass is 10.1. The summed E-state index contributed by atoms with van der Waals surface area (Å²) in [5.41, 5.74) is 8.17. The van der Waals surface area contributed by atoms with E-state index in [1.54, 1.807) is 4.90 Å². The SMILES string of the molecule is [N-]=[N+]=NC1CN(C(=O)[C@@H]2CCC(=O)N2)C1. The summed E-state index contributed by atoms with van der Waals surface area (Å²) in [7, 11) is 0. The standard InChI is InChI=1S/C8H11N5O2/c9-12-11-5-3-13(4-5)8(15)6-1-2-7(14)10-6/h5-6H,1-4H2,(H,10,14)/t6-/m0/s1. The third kappa shape index (κ3) is 1.87. The number of likely N-dealkylation sites (tertiary alicyclic amines) is 1. The molecular weight excluding hydrogens is 198 g/mol. The molecule has 2 rings (SSSR count). The molecule has 0 aromatic heterocycles. The van der Waals surface area contributed by atoms with E-state index >= 15 is 0 Å². The zero-order chi connectivity index (χ0) is 10.8. The molecule has 0 bridgehead atoms. The van der Waals surface area contributed by atoms with Gasteiger partial charge in [0.2, 0.25) is 11.8 Å². The third-order valence-corrected chi connectivity index (χ3v) is 2.68. The predicted molar refractivity (Wildman–Crippen MR) is 50.7 cm³/mol. The predicted octanol–water partition coefficient (Wildman–Crippen LogP) is -0.214. The molecule has 7 nitrogen and oxygen atoms in total. The monoisotopic (exact) mass is 209 g/mol. The van der Waals surface area contributed by atoms with Gasteiger partial charge < -0.3 is 10.2 Å². The topological polar surface area (TPSA) is 98.2 Å². The first-order chi connectivity index (χ1) is 7.20. The Labute approximate surface area is 86.0 Å². The van der Waals surface area contributed by atoms with Crippen LogP contribution in [0.3, 0.4) is 0 Å². The minimum absolute atomic E-state index is 0.0646. The fourth-order valence-electron chi connectivity index (χ4n) is 1.80. The summed E-state index contributed by atoms with van der Waals surface area (Å²) in [4.78, 5) is 26.9. The summed E-state index contributed by atoms with van der Waals surface area (Å²) in [6.45, 7) is 0.935. The molecule has 7 heteroatoms. The molecule has 0 aliphatic carbocycles. The highest BCUT2D eigenvalue weighted by molar-refractivity contribution is 5.91. The average molecular weight is 209 g/mol. The Morgan fingerprint density at radius 3 is 2.87 bits per heavy atom. The second-order valence-electron chi connectivity index (χ2n) is 3.76. The lowest BCUT2D eigenvalue weighted by Crippen LogP contribution is -2.57. The van der Waals surface area contributed by atoms with Crippen LogP contribution < -0.4 is 5.32 Å². The van der Waals surface area contributed by atoms with Gasteiger partial charge in [-0.1, -0.05) is 5.11 Å². The van der Waals surface area contributed by atoms with E-state index in [-0.39, 0.29) is 23.9 Å². The number of hydrogen-bond acceptors (Lipinski definition) is 3. The Morgan fingerprint density at radius 2 is 2.33 bits per heavy atom. The molecule has 0 aromatic rings. The number of carbonyl (C=O) groups excluding carboxylic acids is 2. The van der Waals surface area contributed by atoms with Gasteiger partial charge >= 0.3 is 0 Å². The molecule has 2 aliphatic rings. The summed E-state index contributed by atoms with van der Waals surface area (Å²) in [5, 5.41) is 6.12. The van der Waals surface area contributed by atoms with Gasteiger partial charge in [0.05, 0.1) is 6.04 Å². The van der Waals surface area contributed by atoms with Crippen molar-refractivity contribution in [2.24, 2.45) is 5.11 Å². The molecule has 2 heterocycles. The number of rotatable bonds is 2. The van der Waals surface area contributed by atoms with Crippen LogP contribution in [0.5, 0.6) is 0 Å². The van der Waals surface area contributed by atoms with E-state index < -0.39 is 0 Å². The lowest BCUT2D eigenvalue weighted by Gasteiger charge is -2.37. The van der Waals surface area contributed by atoms with Gasteiger partial charge in [-0.15, -0.1) is 0 Å². The van der Waals surface area contributed by atoms with Crippen LogP contribution in [0.1, 0.15) is 12.8 Å². The van der Waals surface area contributed by atoms with E-state index in [9.17, 15) is 9.59 Å². The van der Waals surface area contributed by atoms with Crippen molar-refractivity contribution in [2.75, 3.05) is 13.1 Å². The molecule has 0 aromatic carbocycles. The van der Waals surface area contributed by atoms with Crippen LogP contribution in [0.2, 0.25) is 0 Å². The fraction of sp³-hybridized carbons (Fsp3) is 0.750. The molecule has 2 fully saturated rings. The van der Waals surface area contributed by atoms with Crippen molar-refractivity contribution in [2.45, 2.75) is 24.9 Å². The molecule has 1 N–H and O–H groups in total. The minimum atomic E-state index is -0.371. The first-order valence-electron chi connectivity index (χ1n) is 4.83. The van der Waals surface area contributed by atoms with Crippen LogP contribution in [0, 0.1) is 0 Å². The number of carbonyl (C=O) groups is 2. The Hall–Kier alpha value is -1.75. The second kappa shape index (κ2) is 3.78. The first-order valence-corrected chi connectivity index (χ1v) is 4.83. The number of amides is 2. The van der Waals surface area contributed by atoms with Crippen molar-refractivity contribution in [1.29, 1.82) is 0 Å². The summed E-state index contributed by atoms with van der Waals surface area (Å²) in [5.74, 6) is -0.134. The van der Waals surface area contributed by atoms with Gasteiger partial charge in [-0.3, -0.25) is 9.59 Å². The van der Waals surface area contributed by atoms with Gasteiger partial charge in [0.1, 0.15) is 6.04 Å². The number of hydrogen-bond donors (Lipinski definition) is 1. The van der Waals surface area contributed by atoms with Gasteiger partial charge in [-0.2, -0.15) is 0 Å². The van der Waals surface area contributed by atoms with Crippen LogP contribution in [-0.4, -0.2) is 41.9 Å². The smallest absolute Gasteiger partial charge is 0.245 e. The van der Waals surface area contributed by atoms with Crippen molar-refractivity contribution < 1.29 is 9.59 Å². The second-order valence-corrected chi connectivity index (χ2v) is 3.76. The highest BCUT2D eigenvalue weighted by Crippen LogP contribution is 2.17. The maximum absolute atomic E-state index is 11.7. The van der Waals surface area contributed by atoms with E-state index in [0.717, 1.165) is 0 Å². The zero-order valence-electron chi connectivity index (χ0n) is 8.09. The fourth-order valence-corrected chi connectivity index (χ4v) is 1.80. The van der Waals surface area contributed by atoms with Crippen molar-refractivity contribution in [3.63, 3.8) is 0 Å². The maximum Gasteiger partial charge on any atom is 0.245 e. The molecule has 2 aliphatic heterocycles. The maximum atomic E-state index is 11.7. The van der Waals surface area contributed by atoms with E-state index in [1.807, 2.05) is 0 Å². The molecule has 0 saturated carbocycles. The van der Waals surface area contributed by atoms with E-state index in [1.165, 1.54) is 0 Å². The van der Waals surface area contributed by atoms with Crippen molar-refractivity contribution >= 4 is 11.8 Å². The van der Waals surface area contributed by atoms with E-state index in [0.29, 0.717) is 25.9 Å². The van der Waals surface area contributed by atoms with Gasteiger partial charge in [0.15, 0.2) is 0 Å². The largest absolute Gasteiger partial charge is 0.344 e. The number of nitrogens with one attached hydrogen (secondary N) is 1.